The molecule has 0 amide bonds. The van der Waals surface area contributed by atoms with Gasteiger partial charge in [-0.3, -0.25) is 14.6 Å². The predicted octanol–water partition coefficient (Wildman–Crippen LogP) is 2.03. The maximum atomic E-state index is 12.1. The minimum atomic E-state index is -4.01. The zero-order valence-corrected chi connectivity index (χ0v) is 13.3. The summed E-state index contributed by atoms with van der Waals surface area (Å²) in [6, 6.07) is 2.25. The van der Waals surface area contributed by atoms with Gasteiger partial charge in [-0.15, -0.1) is 0 Å². The summed E-state index contributed by atoms with van der Waals surface area (Å²) in [5.41, 5.74) is -0.668. The van der Waals surface area contributed by atoms with Gasteiger partial charge >= 0.3 is 0 Å². The molecule has 2 heterocycles. The number of pyridine rings is 1. The van der Waals surface area contributed by atoms with Crippen LogP contribution in [0.1, 0.15) is 0 Å². The molecule has 0 aliphatic heterocycles. The highest BCUT2D eigenvalue weighted by molar-refractivity contribution is 9.10. The van der Waals surface area contributed by atoms with Crippen LogP contribution in [0.4, 0.5) is 5.82 Å². The zero-order valence-electron chi connectivity index (χ0n) is 9.39. The Labute approximate surface area is 131 Å². The minimum Gasteiger partial charge on any atom is -0.286 e. The van der Waals surface area contributed by atoms with Crippen LogP contribution in [0.2, 0.25) is 10.3 Å². The lowest BCUT2D eigenvalue weighted by atomic mass is 10.5. The van der Waals surface area contributed by atoms with E-state index >= 15 is 0 Å². The summed E-state index contributed by atoms with van der Waals surface area (Å²) in [4.78, 5) is 15.0. The third kappa shape index (κ3) is 3.29. The van der Waals surface area contributed by atoms with Crippen molar-refractivity contribution < 1.29 is 8.42 Å². The number of H-pyrrole nitrogens is 1. The van der Waals surface area contributed by atoms with Crippen LogP contribution in [0.25, 0.3) is 0 Å². The summed E-state index contributed by atoms with van der Waals surface area (Å²) in [6.45, 7) is 0. The Morgan fingerprint density at radius 1 is 1.30 bits per heavy atom. The van der Waals surface area contributed by atoms with E-state index < -0.39 is 21.3 Å². The van der Waals surface area contributed by atoms with Crippen molar-refractivity contribution in [1.82, 2.24) is 15.2 Å². The average Bonchev–Trinajstić information content (AvgIpc) is 2.36. The van der Waals surface area contributed by atoms with Gasteiger partial charge in [0.1, 0.15) is 15.2 Å². The van der Waals surface area contributed by atoms with E-state index in [4.69, 9.17) is 23.2 Å². The monoisotopic (exact) mass is 398 g/mol. The van der Waals surface area contributed by atoms with Crippen LogP contribution in [0, 0.1) is 0 Å². The molecule has 0 atom stereocenters. The van der Waals surface area contributed by atoms with Gasteiger partial charge < -0.3 is 0 Å². The van der Waals surface area contributed by atoms with Crippen molar-refractivity contribution >= 4 is 55.0 Å². The largest absolute Gasteiger partial charge is 0.286 e. The van der Waals surface area contributed by atoms with Crippen molar-refractivity contribution in [2.75, 3.05) is 4.72 Å². The predicted molar refractivity (Wildman–Crippen MR) is 77.6 cm³/mol. The SMILES string of the molecule is O=c1cc(Cl)[nH]nc1NS(=O)(=O)c1cnc(Cl)c(Br)c1. The summed E-state index contributed by atoms with van der Waals surface area (Å²) in [6.07, 6.45) is 1.06. The molecule has 7 nitrogen and oxygen atoms in total. The zero-order chi connectivity index (χ0) is 14.9. The molecule has 0 spiro atoms. The van der Waals surface area contributed by atoms with Crippen molar-refractivity contribution in [2.24, 2.45) is 0 Å². The van der Waals surface area contributed by atoms with Crippen LogP contribution in [-0.2, 0) is 10.0 Å². The summed E-state index contributed by atoms with van der Waals surface area (Å²) in [5, 5.41) is 5.90. The Balaban J connectivity index is 2.40. The van der Waals surface area contributed by atoms with E-state index in [1.165, 1.54) is 6.07 Å². The van der Waals surface area contributed by atoms with Crippen LogP contribution < -0.4 is 10.2 Å². The van der Waals surface area contributed by atoms with Crippen LogP contribution in [0.3, 0.4) is 0 Å². The number of halogens is 3. The van der Waals surface area contributed by atoms with Gasteiger partial charge in [0.25, 0.3) is 10.0 Å². The van der Waals surface area contributed by atoms with E-state index in [0.29, 0.717) is 4.47 Å². The van der Waals surface area contributed by atoms with Crippen LogP contribution in [-0.4, -0.2) is 23.6 Å². The van der Waals surface area contributed by atoms with Crippen molar-refractivity contribution in [1.29, 1.82) is 0 Å². The summed E-state index contributed by atoms with van der Waals surface area (Å²) < 4.78 is 26.5. The number of nitrogens with one attached hydrogen (secondary N) is 2. The quantitative estimate of drug-likeness (QED) is 0.768. The molecule has 0 unspecified atom stereocenters. The Morgan fingerprint density at radius 3 is 2.60 bits per heavy atom. The first-order valence-electron chi connectivity index (χ1n) is 4.89. The lowest BCUT2D eigenvalue weighted by Crippen LogP contribution is -2.20. The number of anilines is 1. The number of rotatable bonds is 3. The molecule has 106 valence electrons. The van der Waals surface area contributed by atoms with Crippen LogP contribution in [0.15, 0.2) is 32.5 Å². The molecule has 11 heteroatoms. The highest BCUT2D eigenvalue weighted by atomic mass is 79.9. The van der Waals surface area contributed by atoms with E-state index in [2.05, 4.69) is 31.1 Å². The molecule has 0 aliphatic rings. The molecule has 2 rings (SSSR count). The van der Waals surface area contributed by atoms with Gasteiger partial charge in [-0.25, -0.2) is 13.4 Å². The van der Waals surface area contributed by atoms with E-state index in [0.717, 1.165) is 12.3 Å². The summed E-state index contributed by atoms with van der Waals surface area (Å²) >= 11 is 14.3. The van der Waals surface area contributed by atoms with Gasteiger partial charge in [-0.1, -0.05) is 23.2 Å². The maximum absolute atomic E-state index is 12.1. The fourth-order valence-corrected chi connectivity index (χ4v) is 2.92. The Bertz CT molecular complexity index is 824. The van der Waals surface area contributed by atoms with E-state index in [1.807, 2.05) is 4.72 Å². The molecule has 0 bridgehead atoms. The van der Waals surface area contributed by atoms with E-state index in [-0.39, 0.29) is 15.2 Å². The molecular formula is C9H5BrCl2N4O3S. The second kappa shape index (κ2) is 5.68. The molecule has 0 fully saturated rings. The smallest absolute Gasteiger partial charge is 0.264 e. The molecule has 2 N–H and O–H groups in total. The second-order valence-electron chi connectivity index (χ2n) is 3.48. The van der Waals surface area contributed by atoms with Crippen molar-refractivity contribution in [3.05, 3.63) is 43.3 Å². The van der Waals surface area contributed by atoms with E-state index in [1.54, 1.807) is 0 Å². The maximum Gasteiger partial charge on any atom is 0.264 e. The molecule has 0 saturated heterocycles. The average molecular weight is 400 g/mol. The molecule has 0 saturated carbocycles. The highest BCUT2D eigenvalue weighted by Crippen LogP contribution is 2.23. The van der Waals surface area contributed by atoms with Crippen molar-refractivity contribution in [2.45, 2.75) is 4.90 Å². The molecule has 2 aromatic heterocycles. The summed E-state index contributed by atoms with van der Waals surface area (Å²) in [7, 11) is -4.01. The van der Waals surface area contributed by atoms with E-state index in [9.17, 15) is 13.2 Å². The Morgan fingerprint density at radius 2 is 2.00 bits per heavy atom. The molecule has 2 aromatic rings. The van der Waals surface area contributed by atoms with Gasteiger partial charge in [-0.05, 0) is 22.0 Å². The standard InChI is InChI=1S/C9H5BrCl2N4O3S/c10-5-1-4(3-13-8(5)12)20(18,19)16-9-6(17)2-7(11)14-15-9/h1-3H,(H,14,17)(H,15,16). The molecule has 20 heavy (non-hydrogen) atoms. The molecule has 0 radical (unpaired) electrons. The first kappa shape index (κ1) is 15.2. The number of hydrogen-bond donors (Lipinski definition) is 2. The highest BCUT2D eigenvalue weighted by Gasteiger charge is 2.18. The van der Waals surface area contributed by atoms with Gasteiger partial charge in [0.15, 0.2) is 0 Å². The van der Waals surface area contributed by atoms with Crippen LogP contribution >= 0.6 is 39.1 Å². The van der Waals surface area contributed by atoms with Gasteiger partial charge in [0, 0.05) is 12.3 Å². The summed E-state index contributed by atoms with van der Waals surface area (Å²) in [5.74, 6) is -0.402. The fourth-order valence-electron chi connectivity index (χ4n) is 1.19. The van der Waals surface area contributed by atoms with Crippen molar-refractivity contribution in [3.63, 3.8) is 0 Å². The lowest BCUT2D eigenvalue weighted by molar-refractivity contribution is 0.600. The van der Waals surface area contributed by atoms with Crippen LogP contribution in [0.5, 0.6) is 0 Å². The number of sulfonamides is 1. The second-order valence-corrected chi connectivity index (χ2v) is 6.78. The molecular weight excluding hydrogens is 395 g/mol. The minimum absolute atomic E-state index is 0.00569. The van der Waals surface area contributed by atoms with Gasteiger partial charge in [0.05, 0.1) is 4.47 Å². The Hall–Kier alpha value is -1.16. The Kier molecular flexibility index (Phi) is 4.33. The third-order valence-corrected chi connectivity index (χ3v) is 4.71. The third-order valence-electron chi connectivity index (χ3n) is 2.08. The van der Waals surface area contributed by atoms with Gasteiger partial charge in [-0.2, -0.15) is 5.10 Å². The molecule has 0 aliphatic carbocycles. The number of aromatic nitrogens is 3. The number of nitrogens with zero attached hydrogens (tertiary/aromatic N) is 2. The lowest BCUT2D eigenvalue weighted by Gasteiger charge is -2.06. The number of hydrogen-bond acceptors (Lipinski definition) is 5. The fraction of sp³-hybridized carbons (Fsp3) is 0. The molecule has 0 aromatic carbocycles. The first-order chi connectivity index (χ1) is 9.29. The van der Waals surface area contributed by atoms with Crippen molar-refractivity contribution in [3.8, 4) is 0 Å². The first-order valence-corrected chi connectivity index (χ1v) is 7.92. The normalized spacial score (nSPS) is 11.3. The topological polar surface area (TPSA) is 105 Å². The van der Waals surface area contributed by atoms with Gasteiger partial charge in [0.2, 0.25) is 11.2 Å². The number of aromatic amines is 1.